The Morgan fingerprint density at radius 3 is 2.62 bits per heavy atom. The van der Waals surface area contributed by atoms with Crippen LogP contribution in [-0.2, 0) is 20.4 Å². The van der Waals surface area contributed by atoms with E-state index in [2.05, 4.69) is 21.1 Å². The summed E-state index contributed by atoms with van der Waals surface area (Å²) in [4.78, 5) is 11.0. The summed E-state index contributed by atoms with van der Waals surface area (Å²) in [6, 6.07) is 1.81. The molecule has 2 aromatic heterocycles. The summed E-state index contributed by atoms with van der Waals surface area (Å²) >= 11 is 0. The summed E-state index contributed by atoms with van der Waals surface area (Å²) in [5.41, 5.74) is 2.86. The molecule has 0 aliphatic rings. The zero-order valence-electron chi connectivity index (χ0n) is 7.93. The molecule has 0 unspecified atom stereocenters. The molecule has 71 valence electrons. The second-order valence-corrected chi connectivity index (χ2v) is 2.13. The SMILES string of the molecule is CC.Cc1ncnc2c[c-][nH]c12.[Re]. The van der Waals surface area contributed by atoms with Crippen molar-refractivity contribution in [1.82, 2.24) is 15.0 Å². The van der Waals surface area contributed by atoms with Gasteiger partial charge in [-0.05, 0) is 12.6 Å². The van der Waals surface area contributed by atoms with Crippen molar-refractivity contribution in [3.63, 3.8) is 0 Å². The Morgan fingerprint density at radius 2 is 2.00 bits per heavy atom. The van der Waals surface area contributed by atoms with Gasteiger partial charge < -0.3 is 9.97 Å². The third-order valence-corrected chi connectivity index (χ3v) is 1.47. The Labute approximate surface area is 91.6 Å². The van der Waals surface area contributed by atoms with E-state index in [0.29, 0.717) is 0 Å². The van der Waals surface area contributed by atoms with E-state index in [1.807, 2.05) is 26.8 Å². The molecule has 0 saturated carbocycles. The van der Waals surface area contributed by atoms with Crippen LogP contribution in [0.2, 0.25) is 0 Å². The van der Waals surface area contributed by atoms with Gasteiger partial charge in [-0.1, -0.05) is 24.9 Å². The van der Waals surface area contributed by atoms with E-state index in [4.69, 9.17) is 0 Å². The largest absolute Gasteiger partial charge is 0.475 e. The van der Waals surface area contributed by atoms with Gasteiger partial charge in [-0.15, -0.1) is 12.3 Å². The number of nitrogens with one attached hydrogen (secondary N) is 1. The molecule has 2 aromatic rings. The summed E-state index contributed by atoms with van der Waals surface area (Å²) in [7, 11) is 0. The van der Waals surface area contributed by atoms with Gasteiger partial charge in [0.15, 0.2) is 0 Å². The molecule has 0 fully saturated rings. The fourth-order valence-corrected chi connectivity index (χ4v) is 0.933. The maximum absolute atomic E-state index is 4.03. The Kier molecular flexibility index (Phi) is 5.52. The first-order chi connectivity index (χ1) is 5.88. The summed E-state index contributed by atoms with van der Waals surface area (Å²) in [6.45, 7) is 5.94. The first-order valence-corrected chi connectivity index (χ1v) is 4.04. The quantitative estimate of drug-likeness (QED) is 0.741. The zero-order valence-corrected chi connectivity index (χ0v) is 10.6. The van der Waals surface area contributed by atoms with Crippen LogP contribution >= 0.6 is 0 Å². The van der Waals surface area contributed by atoms with E-state index < -0.39 is 0 Å². The molecule has 2 rings (SSSR count). The molecule has 0 aliphatic carbocycles. The van der Waals surface area contributed by atoms with Gasteiger partial charge in [0, 0.05) is 20.4 Å². The van der Waals surface area contributed by atoms with Crippen molar-refractivity contribution in [2.24, 2.45) is 0 Å². The van der Waals surface area contributed by atoms with Crippen molar-refractivity contribution in [1.29, 1.82) is 0 Å². The van der Waals surface area contributed by atoms with Gasteiger partial charge in [0.05, 0.1) is 0 Å². The van der Waals surface area contributed by atoms with Gasteiger partial charge in [-0.2, -0.15) is 0 Å². The fourth-order valence-electron chi connectivity index (χ4n) is 0.933. The molecule has 0 atom stereocenters. The van der Waals surface area contributed by atoms with Gasteiger partial charge >= 0.3 is 0 Å². The molecule has 0 aliphatic heterocycles. The molecule has 13 heavy (non-hydrogen) atoms. The second kappa shape index (κ2) is 5.85. The average Bonchev–Trinajstić information content (AvgIpc) is 2.57. The van der Waals surface area contributed by atoms with Crippen LogP contribution in [0.3, 0.4) is 0 Å². The molecule has 3 nitrogen and oxygen atoms in total. The van der Waals surface area contributed by atoms with Gasteiger partial charge in [-0.3, -0.25) is 4.98 Å². The number of aromatic amines is 1. The van der Waals surface area contributed by atoms with Crippen LogP contribution in [0.25, 0.3) is 11.0 Å². The van der Waals surface area contributed by atoms with Crippen LogP contribution in [-0.4, -0.2) is 15.0 Å². The van der Waals surface area contributed by atoms with E-state index in [9.17, 15) is 0 Å². The minimum Gasteiger partial charge on any atom is -0.475 e. The number of aryl methyl sites for hydroxylation is 1. The molecule has 0 aromatic carbocycles. The maximum atomic E-state index is 4.03. The number of rotatable bonds is 0. The Morgan fingerprint density at radius 1 is 1.31 bits per heavy atom. The van der Waals surface area contributed by atoms with E-state index in [-0.39, 0.29) is 20.4 Å². The van der Waals surface area contributed by atoms with Crippen LogP contribution in [0.5, 0.6) is 0 Å². The van der Waals surface area contributed by atoms with E-state index >= 15 is 0 Å². The van der Waals surface area contributed by atoms with Crippen LogP contribution in [0.15, 0.2) is 12.4 Å². The molecule has 1 N–H and O–H groups in total. The summed E-state index contributed by atoms with van der Waals surface area (Å²) in [5.74, 6) is 0. The number of hydrogen-bond acceptors (Lipinski definition) is 2. The van der Waals surface area contributed by atoms with E-state index in [0.717, 1.165) is 16.7 Å². The number of H-pyrrole nitrogens is 1. The average molecular weight is 348 g/mol. The van der Waals surface area contributed by atoms with Crippen LogP contribution in [0.1, 0.15) is 19.5 Å². The van der Waals surface area contributed by atoms with Gasteiger partial charge in [0.25, 0.3) is 0 Å². The zero-order chi connectivity index (χ0) is 8.97. The van der Waals surface area contributed by atoms with Crippen LogP contribution in [0, 0.1) is 13.1 Å². The summed E-state index contributed by atoms with van der Waals surface area (Å²) in [6.07, 6.45) is 4.41. The maximum Gasteiger partial charge on any atom is 0.100 e. The van der Waals surface area contributed by atoms with E-state index in [1.165, 1.54) is 0 Å². The number of nitrogens with zero attached hydrogens (tertiary/aromatic N) is 2. The second-order valence-electron chi connectivity index (χ2n) is 2.13. The first-order valence-electron chi connectivity index (χ1n) is 4.04. The number of fused-ring (bicyclic) bond motifs is 1. The molecule has 0 amide bonds. The normalized spacial score (nSPS) is 8.54. The number of hydrogen-bond donors (Lipinski definition) is 1. The molecule has 0 spiro atoms. The van der Waals surface area contributed by atoms with Crippen molar-refractivity contribution in [2.75, 3.05) is 0 Å². The molecule has 0 bridgehead atoms. The van der Waals surface area contributed by atoms with Crippen LogP contribution < -0.4 is 0 Å². The minimum atomic E-state index is 0. The Balaban J connectivity index is 0.000000451. The minimum absolute atomic E-state index is 0. The van der Waals surface area contributed by atoms with Crippen molar-refractivity contribution in [2.45, 2.75) is 20.8 Å². The molecule has 2 heterocycles. The van der Waals surface area contributed by atoms with Crippen molar-refractivity contribution < 1.29 is 20.4 Å². The van der Waals surface area contributed by atoms with Gasteiger partial charge in [0.2, 0.25) is 0 Å². The molecule has 1 radical (unpaired) electrons. The summed E-state index contributed by atoms with van der Waals surface area (Å²) < 4.78 is 0. The number of aromatic nitrogens is 3. The van der Waals surface area contributed by atoms with Crippen molar-refractivity contribution in [3.8, 4) is 0 Å². The van der Waals surface area contributed by atoms with E-state index in [1.54, 1.807) is 6.33 Å². The topological polar surface area (TPSA) is 41.6 Å². The van der Waals surface area contributed by atoms with Gasteiger partial charge in [-0.25, -0.2) is 0 Å². The van der Waals surface area contributed by atoms with Crippen molar-refractivity contribution >= 4 is 11.0 Å². The van der Waals surface area contributed by atoms with Crippen LogP contribution in [0.4, 0.5) is 0 Å². The predicted molar refractivity (Wildman–Crippen MR) is 48.8 cm³/mol. The molecular weight excluding hydrogens is 336 g/mol. The molecule has 0 saturated heterocycles. The van der Waals surface area contributed by atoms with Gasteiger partial charge in [0.1, 0.15) is 6.33 Å². The van der Waals surface area contributed by atoms with Crippen molar-refractivity contribution in [3.05, 3.63) is 24.3 Å². The predicted octanol–water partition coefficient (Wildman–Crippen LogP) is 2.09. The Hall–Kier alpha value is -0.718. The smallest absolute Gasteiger partial charge is 0.100 e. The third-order valence-electron chi connectivity index (χ3n) is 1.47. The molecular formula is C9H12N3Re-. The Bertz CT molecular complexity index is 356. The standard InChI is InChI=1S/C7H6N3.C2H6.Re/c1-5-7-6(2-3-8-7)10-4-9-5;1-2;/h2,4,8H,1H3;1-2H3;/q-1;;. The fraction of sp³-hybridized carbons (Fsp3) is 0.333. The first kappa shape index (κ1) is 12.3. The third kappa shape index (κ3) is 2.61. The monoisotopic (exact) mass is 349 g/mol. The summed E-state index contributed by atoms with van der Waals surface area (Å²) in [5, 5.41) is 0. The molecule has 4 heteroatoms.